The van der Waals surface area contributed by atoms with Crippen LogP contribution in [0.2, 0.25) is 0 Å². The van der Waals surface area contributed by atoms with E-state index < -0.39 is 0 Å². The van der Waals surface area contributed by atoms with Gasteiger partial charge in [0.1, 0.15) is 5.76 Å². The molecule has 2 rings (SSSR count). The lowest BCUT2D eigenvalue weighted by Crippen LogP contribution is -2.49. The van der Waals surface area contributed by atoms with Crippen LogP contribution in [-0.2, 0) is 4.79 Å². The SMILES string of the molecule is Cc1noc(C)c1C(C)NCC(=O)N1CCN(C)CC1. The molecule has 6 heteroatoms. The predicted molar refractivity (Wildman–Crippen MR) is 76.5 cm³/mol. The molecule has 0 saturated carbocycles. The molecule has 0 spiro atoms. The van der Waals surface area contributed by atoms with E-state index in [1.807, 2.05) is 25.7 Å². The summed E-state index contributed by atoms with van der Waals surface area (Å²) in [5.41, 5.74) is 1.94. The highest BCUT2D eigenvalue weighted by Crippen LogP contribution is 2.20. The fourth-order valence-corrected chi connectivity index (χ4v) is 2.62. The number of aryl methyl sites for hydroxylation is 2. The maximum absolute atomic E-state index is 12.2. The molecule has 0 aromatic carbocycles. The Balaban J connectivity index is 1.84. The molecule has 1 amide bonds. The van der Waals surface area contributed by atoms with E-state index in [9.17, 15) is 4.79 Å². The summed E-state index contributed by atoms with van der Waals surface area (Å²) < 4.78 is 5.16. The van der Waals surface area contributed by atoms with Crippen molar-refractivity contribution in [2.24, 2.45) is 0 Å². The average molecular weight is 280 g/mol. The topological polar surface area (TPSA) is 61.6 Å². The summed E-state index contributed by atoms with van der Waals surface area (Å²) in [5, 5.41) is 7.22. The molecular formula is C14H24N4O2. The number of aromatic nitrogens is 1. The third-order valence-corrected chi connectivity index (χ3v) is 3.94. The molecule has 112 valence electrons. The summed E-state index contributed by atoms with van der Waals surface area (Å²) in [7, 11) is 2.08. The second kappa shape index (κ2) is 6.37. The lowest BCUT2D eigenvalue weighted by molar-refractivity contribution is -0.131. The first-order valence-corrected chi connectivity index (χ1v) is 7.11. The van der Waals surface area contributed by atoms with Gasteiger partial charge >= 0.3 is 0 Å². The van der Waals surface area contributed by atoms with Gasteiger partial charge in [0.25, 0.3) is 0 Å². The van der Waals surface area contributed by atoms with Crippen molar-refractivity contribution >= 4 is 5.91 Å². The summed E-state index contributed by atoms with van der Waals surface area (Å²) in [4.78, 5) is 16.3. The normalized spacial score (nSPS) is 18.3. The van der Waals surface area contributed by atoms with Crippen LogP contribution < -0.4 is 5.32 Å². The van der Waals surface area contributed by atoms with Gasteiger partial charge in [-0.05, 0) is 27.8 Å². The standard InChI is InChI=1S/C14H24N4O2/c1-10(14-11(2)16-20-12(14)3)15-9-13(19)18-7-5-17(4)6-8-18/h10,15H,5-9H2,1-4H3. The zero-order valence-corrected chi connectivity index (χ0v) is 12.8. The molecule has 1 aromatic rings. The quantitative estimate of drug-likeness (QED) is 0.880. The molecule has 1 atom stereocenters. The summed E-state index contributed by atoms with van der Waals surface area (Å²) in [6, 6.07) is 0.0673. The van der Waals surface area contributed by atoms with Crippen molar-refractivity contribution in [1.29, 1.82) is 0 Å². The highest BCUT2D eigenvalue weighted by atomic mass is 16.5. The van der Waals surface area contributed by atoms with Gasteiger partial charge in [0.15, 0.2) is 0 Å². The molecule has 1 N–H and O–H groups in total. The summed E-state index contributed by atoms with van der Waals surface area (Å²) in [6.45, 7) is 9.74. The molecule has 1 aliphatic rings. The van der Waals surface area contributed by atoms with E-state index in [-0.39, 0.29) is 11.9 Å². The second-order valence-corrected chi connectivity index (χ2v) is 5.52. The van der Waals surface area contributed by atoms with Crippen molar-refractivity contribution in [3.8, 4) is 0 Å². The monoisotopic (exact) mass is 280 g/mol. The van der Waals surface area contributed by atoms with E-state index in [0.29, 0.717) is 6.54 Å². The zero-order valence-electron chi connectivity index (χ0n) is 12.8. The summed E-state index contributed by atoms with van der Waals surface area (Å²) in [5.74, 6) is 0.978. The molecule has 0 radical (unpaired) electrons. The van der Waals surface area contributed by atoms with Gasteiger partial charge in [0, 0.05) is 37.8 Å². The van der Waals surface area contributed by atoms with Crippen LogP contribution in [0.3, 0.4) is 0 Å². The van der Waals surface area contributed by atoms with Gasteiger partial charge in [-0.1, -0.05) is 5.16 Å². The molecule has 1 fully saturated rings. The van der Waals surface area contributed by atoms with E-state index >= 15 is 0 Å². The van der Waals surface area contributed by atoms with Gasteiger partial charge in [-0.25, -0.2) is 0 Å². The molecule has 1 saturated heterocycles. The Bertz CT molecular complexity index is 444. The molecule has 1 aliphatic heterocycles. The molecule has 1 unspecified atom stereocenters. The average Bonchev–Trinajstić information content (AvgIpc) is 2.76. The van der Waals surface area contributed by atoms with E-state index in [1.165, 1.54) is 0 Å². The lowest BCUT2D eigenvalue weighted by atomic mass is 10.1. The minimum atomic E-state index is 0.0673. The molecule has 2 heterocycles. The second-order valence-electron chi connectivity index (χ2n) is 5.52. The van der Waals surface area contributed by atoms with Crippen LogP contribution in [0.15, 0.2) is 4.52 Å². The number of hydrogen-bond acceptors (Lipinski definition) is 5. The first-order chi connectivity index (χ1) is 9.49. The summed E-state index contributed by atoms with van der Waals surface area (Å²) >= 11 is 0. The van der Waals surface area contributed by atoms with Crippen molar-refractivity contribution in [2.45, 2.75) is 26.8 Å². The lowest BCUT2D eigenvalue weighted by Gasteiger charge is -2.32. The van der Waals surface area contributed by atoms with Gasteiger partial charge < -0.3 is 19.6 Å². The van der Waals surface area contributed by atoms with Crippen LogP contribution in [0.25, 0.3) is 0 Å². The predicted octanol–water partition coefficient (Wildman–Crippen LogP) is 0.716. The number of nitrogens with zero attached hydrogens (tertiary/aromatic N) is 3. The van der Waals surface area contributed by atoms with Gasteiger partial charge in [-0.2, -0.15) is 0 Å². The van der Waals surface area contributed by atoms with Crippen molar-refractivity contribution in [1.82, 2.24) is 20.3 Å². The third-order valence-electron chi connectivity index (χ3n) is 3.94. The zero-order chi connectivity index (χ0) is 14.7. The molecule has 0 bridgehead atoms. The number of likely N-dealkylation sites (N-methyl/N-ethyl adjacent to an activating group) is 1. The van der Waals surface area contributed by atoms with Gasteiger partial charge in [-0.3, -0.25) is 4.79 Å². The number of carbonyl (C=O) groups is 1. The molecular weight excluding hydrogens is 256 g/mol. The number of piperazine rings is 1. The van der Waals surface area contributed by atoms with E-state index in [4.69, 9.17) is 4.52 Å². The molecule has 6 nitrogen and oxygen atoms in total. The number of rotatable bonds is 4. The largest absolute Gasteiger partial charge is 0.361 e. The van der Waals surface area contributed by atoms with E-state index in [0.717, 1.165) is 43.2 Å². The van der Waals surface area contributed by atoms with Gasteiger partial charge in [-0.15, -0.1) is 0 Å². The Labute approximate surface area is 120 Å². The Kier molecular flexibility index (Phi) is 4.77. The number of nitrogens with one attached hydrogen (secondary N) is 1. The number of carbonyl (C=O) groups excluding carboxylic acids is 1. The first kappa shape index (κ1) is 15.0. The van der Waals surface area contributed by atoms with Crippen molar-refractivity contribution in [3.63, 3.8) is 0 Å². The molecule has 20 heavy (non-hydrogen) atoms. The highest BCUT2D eigenvalue weighted by molar-refractivity contribution is 5.78. The molecule has 0 aliphatic carbocycles. The van der Waals surface area contributed by atoms with E-state index in [1.54, 1.807) is 0 Å². The maximum atomic E-state index is 12.2. The van der Waals surface area contributed by atoms with Gasteiger partial charge in [0.2, 0.25) is 5.91 Å². The van der Waals surface area contributed by atoms with Crippen LogP contribution in [0, 0.1) is 13.8 Å². The fourth-order valence-electron chi connectivity index (χ4n) is 2.62. The number of hydrogen-bond donors (Lipinski definition) is 1. The maximum Gasteiger partial charge on any atom is 0.236 e. The van der Waals surface area contributed by atoms with E-state index in [2.05, 4.69) is 22.4 Å². The molecule has 1 aromatic heterocycles. The van der Waals surface area contributed by atoms with Crippen LogP contribution >= 0.6 is 0 Å². The van der Waals surface area contributed by atoms with Gasteiger partial charge in [0.05, 0.1) is 12.2 Å². The Morgan fingerprint density at radius 1 is 1.35 bits per heavy atom. The van der Waals surface area contributed by atoms with Crippen LogP contribution in [0.1, 0.15) is 30.0 Å². The smallest absolute Gasteiger partial charge is 0.236 e. The van der Waals surface area contributed by atoms with Crippen molar-refractivity contribution < 1.29 is 9.32 Å². The van der Waals surface area contributed by atoms with Crippen molar-refractivity contribution in [2.75, 3.05) is 39.8 Å². The van der Waals surface area contributed by atoms with Crippen molar-refractivity contribution in [3.05, 3.63) is 17.0 Å². The van der Waals surface area contributed by atoms with Crippen LogP contribution in [0.5, 0.6) is 0 Å². The summed E-state index contributed by atoms with van der Waals surface area (Å²) in [6.07, 6.45) is 0. The van der Waals surface area contributed by atoms with Crippen LogP contribution in [-0.4, -0.2) is 60.6 Å². The Morgan fingerprint density at radius 3 is 2.55 bits per heavy atom. The minimum absolute atomic E-state index is 0.0673. The number of amides is 1. The minimum Gasteiger partial charge on any atom is -0.361 e. The highest BCUT2D eigenvalue weighted by Gasteiger charge is 2.21. The Hall–Kier alpha value is -1.40. The third kappa shape index (κ3) is 3.37. The Morgan fingerprint density at radius 2 is 2.00 bits per heavy atom. The fraction of sp³-hybridized carbons (Fsp3) is 0.714. The van der Waals surface area contributed by atoms with Crippen LogP contribution in [0.4, 0.5) is 0 Å². The first-order valence-electron chi connectivity index (χ1n) is 7.11.